The summed E-state index contributed by atoms with van der Waals surface area (Å²) in [5, 5.41) is 5.41. The second-order valence-electron chi connectivity index (χ2n) is 6.60. The summed E-state index contributed by atoms with van der Waals surface area (Å²) in [7, 11) is 0. The molecule has 0 aliphatic heterocycles. The Morgan fingerprint density at radius 1 is 1.04 bits per heavy atom. The molecule has 2 N–H and O–H groups in total. The van der Waals surface area contributed by atoms with E-state index in [0.717, 1.165) is 5.56 Å². The van der Waals surface area contributed by atoms with Crippen LogP contribution in [0, 0.1) is 5.82 Å². The molecule has 142 valence electrons. The van der Waals surface area contributed by atoms with Crippen molar-refractivity contribution < 1.29 is 14.0 Å². The highest BCUT2D eigenvalue weighted by atomic mass is 19.1. The Hall–Kier alpha value is -2.95. The number of amides is 2. The molecule has 5 heteroatoms. The zero-order valence-electron chi connectivity index (χ0n) is 15.7. The van der Waals surface area contributed by atoms with Crippen LogP contribution in [0.15, 0.2) is 54.6 Å². The molecule has 27 heavy (non-hydrogen) atoms. The summed E-state index contributed by atoms with van der Waals surface area (Å²) in [4.78, 5) is 23.6. The average molecular weight is 368 g/mol. The summed E-state index contributed by atoms with van der Waals surface area (Å²) in [5.41, 5.74) is 2.83. The van der Waals surface area contributed by atoms with Crippen molar-refractivity contribution in [2.75, 3.05) is 13.1 Å². The van der Waals surface area contributed by atoms with Gasteiger partial charge in [-0.05, 0) is 40.8 Å². The fourth-order valence-electron chi connectivity index (χ4n) is 2.51. The Morgan fingerprint density at radius 2 is 1.74 bits per heavy atom. The molecule has 0 fully saturated rings. The van der Waals surface area contributed by atoms with Crippen LogP contribution in [0.2, 0.25) is 0 Å². The van der Waals surface area contributed by atoms with Gasteiger partial charge in [-0.15, -0.1) is 0 Å². The van der Waals surface area contributed by atoms with E-state index in [2.05, 4.69) is 36.6 Å². The molecule has 0 saturated heterocycles. The molecule has 0 aromatic heterocycles. The van der Waals surface area contributed by atoms with Gasteiger partial charge in [0.25, 0.3) is 0 Å². The van der Waals surface area contributed by atoms with E-state index in [1.54, 1.807) is 18.2 Å². The van der Waals surface area contributed by atoms with Crippen LogP contribution in [0.25, 0.3) is 6.08 Å². The van der Waals surface area contributed by atoms with Gasteiger partial charge in [0.1, 0.15) is 5.82 Å². The van der Waals surface area contributed by atoms with E-state index in [4.69, 9.17) is 0 Å². The van der Waals surface area contributed by atoms with Crippen molar-refractivity contribution in [2.45, 2.75) is 26.2 Å². The predicted octanol–water partition coefficient (Wildman–Crippen LogP) is 3.44. The minimum absolute atomic E-state index is 0.109. The molecule has 2 aromatic carbocycles. The van der Waals surface area contributed by atoms with E-state index in [9.17, 15) is 14.0 Å². The third-order valence-electron chi connectivity index (χ3n) is 4.03. The van der Waals surface area contributed by atoms with Gasteiger partial charge in [-0.25, -0.2) is 4.39 Å². The lowest BCUT2D eigenvalue weighted by Crippen LogP contribution is -2.34. The van der Waals surface area contributed by atoms with Gasteiger partial charge in [-0.2, -0.15) is 0 Å². The fraction of sp³-hybridized carbons (Fsp3) is 0.273. The lowest BCUT2D eigenvalue weighted by molar-refractivity contribution is -0.121. The van der Waals surface area contributed by atoms with Gasteiger partial charge in [0.2, 0.25) is 11.8 Å². The first-order chi connectivity index (χ1) is 12.9. The molecule has 0 radical (unpaired) electrons. The second-order valence-corrected chi connectivity index (χ2v) is 6.60. The molecule has 0 unspecified atom stereocenters. The molecule has 0 atom stereocenters. The lowest BCUT2D eigenvalue weighted by atomic mass is 10.0. The third-order valence-corrected chi connectivity index (χ3v) is 4.03. The molecular weight excluding hydrogens is 343 g/mol. The van der Waals surface area contributed by atoms with Gasteiger partial charge in [0, 0.05) is 19.2 Å². The summed E-state index contributed by atoms with van der Waals surface area (Å²) in [6.45, 7) is 4.91. The Morgan fingerprint density at radius 3 is 2.41 bits per heavy atom. The first kappa shape index (κ1) is 20.4. The molecule has 0 aliphatic rings. The zero-order valence-corrected chi connectivity index (χ0v) is 15.7. The lowest BCUT2D eigenvalue weighted by Gasteiger charge is -2.06. The normalized spacial score (nSPS) is 11.0. The maximum Gasteiger partial charge on any atom is 0.244 e. The highest BCUT2D eigenvalue weighted by Gasteiger charge is 2.04. The molecule has 0 bridgehead atoms. The van der Waals surface area contributed by atoms with Gasteiger partial charge < -0.3 is 10.6 Å². The van der Waals surface area contributed by atoms with E-state index in [0.29, 0.717) is 24.6 Å². The topological polar surface area (TPSA) is 58.2 Å². The summed E-state index contributed by atoms with van der Waals surface area (Å²) < 4.78 is 13.1. The smallest absolute Gasteiger partial charge is 0.244 e. The van der Waals surface area contributed by atoms with Crippen LogP contribution in [0.5, 0.6) is 0 Å². The van der Waals surface area contributed by atoms with E-state index in [1.165, 1.54) is 23.8 Å². The number of hydrogen-bond donors (Lipinski definition) is 2. The minimum atomic E-state index is -0.363. The number of nitrogens with one attached hydrogen (secondary N) is 2. The highest BCUT2D eigenvalue weighted by molar-refractivity contribution is 5.91. The van der Waals surface area contributed by atoms with Crippen LogP contribution in [-0.4, -0.2) is 24.9 Å². The van der Waals surface area contributed by atoms with Gasteiger partial charge >= 0.3 is 0 Å². The van der Waals surface area contributed by atoms with Crippen molar-refractivity contribution >= 4 is 17.9 Å². The van der Waals surface area contributed by atoms with Crippen LogP contribution in [-0.2, 0) is 16.0 Å². The number of hydrogen-bond acceptors (Lipinski definition) is 2. The highest BCUT2D eigenvalue weighted by Crippen LogP contribution is 2.15. The first-order valence-corrected chi connectivity index (χ1v) is 9.01. The van der Waals surface area contributed by atoms with Crippen molar-refractivity contribution in [1.82, 2.24) is 10.6 Å². The second kappa shape index (κ2) is 10.3. The van der Waals surface area contributed by atoms with Gasteiger partial charge in [-0.3, -0.25) is 9.59 Å². The summed E-state index contributed by atoms with van der Waals surface area (Å²) in [6, 6.07) is 14.0. The Kier molecular flexibility index (Phi) is 7.74. The third kappa shape index (κ3) is 7.44. The molecule has 2 rings (SSSR count). The van der Waals surface area contributed by atoms with E-state index in [1.807, 2.05) is 12.1 Å². The number of carbonyl (C=O) groups is 2. The molecule has 4 nitrogen and oxygen atoms in total. The minimum Gasteiger partial charge on any atom is -0.354 e. The summed E-state index contributed by atoms with van der Waals surface area (Å²) >= 11 is 0. The van der Waals surface area contributed by atoms with Crippen molar-refractivity contribution in [3.05, 3.63) is 77.1 Å². The predicted molar refractivity (Wildman–Crippen MR) is 106 cm³/mol. The summed E-state index contributed by atoms with van der Waals surface area (Å²) in [5.74, 6) is -0.321. The number of carbonyl (C=O) groups excluding carboxylic acids is 2. The Bertz CT molecular complexity index is 798. The van der Waals surface area contributed by atoms with Crippen LogP contribution in [0.4, 0.5) is 4.39 Å². The van der Waals surface area contributed by atoms with Gasteiger partial charge in [0.15, 0.2) is 0 Å². The van der Waals surface area contributed by atoms with Crippen molar-refractivity contribution in [2.24, 2.45) is 0 Å². The molecular formula is C22H25FN2O2. The standard InChI is InChI=1S/C22H25FN2O2/c1-16(2)19-9-6-17(7-10-19)8-11-21(26)24-12-13-25-22(27)15-18-4-3-5-20(23)14-18/h3-11,14,16H,12-13,15H2,1-2H3,(H,24,26)(H,25,27)/b11-8+. The Labute approximate surface area is 159 Å². The number of rotatable bonds is 8. The molecule has 0 heterocycles. The number of halogens is 1. The largest absolute Gasteiger partial charge is 0.354 e. The van der Waals surface area contributed by atoms with Gasteiger partial charge in [0.05, 0.1) is 6.42 Å². The van der Waals surface area contributed by atoms with Crippen LogP contribution >= 0.6 is 0 Å². The van der Waals surface area contributed by atoms with E-state index >= 15 is 0 Å². The average Bonchev–Trinajstić information content (AvgIpc) is 2.64. The van der Waals surface area contributed by atoms with Crippen LogP contribution in [0.1, 0.15) is 36.5 Å². The number of benzene rings is 2. The van der Waals surface area contributed by atoms with Crippen molar-refractivity contribution in [1.29, 1.82) is 0 Å². The van der Waals surface area contributed by atoms with E-state index in [-0.39, 0.29) is 24.1 Å². The Balaban J connectivity index is 1.67. The molecule has 0 saturated carbocycles. The van der Waals surface area contributed by atoms with Crippen molar-refractivity contribution in [3.63, 3.8) is 0 Å². The van der Waals surface area contributed by atoms with Gasteiger partial charge in [-0.1, -0.05) is 50.2 Å². The molecule has 2 amide bonds. The quantitative estimate of drug-likeness (QED) is 0.554. The fourth-order valence-corrected chi connectivity index (χ4v) is 2.51. The molecule has 0 aliphatic carbocycles. The van der Waals surface area contributed by atoms with Crippen LogP contribution < -0.4 is 10.6 Å². The SMILES string of the molecule is CC(C)c1ccc(/C=C/C(=O)NCCNC(=O)Cc2cccc(F)c2)cc1. The maximum atomic E-state index is 13.1. The van der Waals surface area contributed by atoms with Crippen LogP contribution in [0.3, 0.4) is 0 Å². The van der Waals surface area contributed by atoms with E-state index < -0.39 is 0 Å². The zero-order chi connectivity index (χ0) is 19.6. The maximum absolute atomic E-state index is 13.1. The summed E-state index contributed by atoms with van der Waals surface area (Å²) in [6.07, 6.45) is 3.33. The molecule has 2 aromatic rings. The van der Waals surface area contributed by atoms with Crippen molar-refractivity contribution in [3.8, 4) is 0 Å². The molecule has 0 spiro atoms. The first-order valence-electron chi connectivity index (χ1n) is 9.01. The monoisotopic (exact) mass is 368 g/mol.